The average Bonchev–Trinajstić information content (AvgIpc) is 2.60. The van der Waals surface area contributed by atoms with E-state index in [4.69, 9.17) is 18.9 Å². The maximum atomic E-state index is 11.8. The van der Waals surface area contributed by atoms with Gasteiger partial charge in [0.15, 0.2) is 6.10 Å². The van der Waals surface area contributed by atoms with Crippen molar-refractivity contribution in [2.45, 2.75) is 44.9 Å². The van der Waals surface area contributed by atoms with Crippen LogP contribution < -0.4 is 10.1 Å². The molecule has 1 aliphatic heterocycles. The molecule has 3 unspecified atom stereocenters. The highest BCUT2D eigenvalue weighted by Crippen LogP contribution is 2.31. The number of hydrogen-bond acceptors (Lipinski definition) is 8. The van der Waals surface area contributed by atoms with Gasteiger partial charge in [-0.2, -0.15) is 0 Å². The van der Waals surface area contributed by atoms with Gasteiger partial charge in [-0.25, -0.2) is 4.79 Å². The summed E-state index contributed by atoms with van der Waals surface area (Å²) in [5, 5.41) is 12.3. The second kappa shape index (κ2) is 8.68. The van der Waals surface area contributed by atoms with Crippen LogP contribution in [0, 0.1) is 0 Å². The number of anilines is 1. The van der Waals surface area contributed by atoms with Crippen molar-refractivity contribution in [3.05, 3.63) is 23.8 Å². The number of methoxy groups -OCH3 is 1. The summed E-state index contributed by atoms with van der Waals surface area (Å²) in [7, 11) is 3.00. The second-order valence-electron chi connectivity index (χ2n) is 5.64. The molecular formula is C17H23NO7. The highest BCUT2D eigenvalue weighted by atomic mass is 16.7. The molecule has 1 heterocycles. The molecule has 1 fully saturated rings. The van der Waals surface area contributed by atoms with Gasteiger partial charge in [0.05, 0.1) is 19.4 Å². The average molecular weight is 353 g/mol. The molecule has 0 radical (unpaired) electrons. The minimum atomic E-state index is -0.882. The summed E-state index contributed by atoms with van der Waals surface area (Å²) in [6, 6.07) is 5.21. The zero-order valence-corrected chi connectivity index (χ0v) is 14.5. The molecule has 8 nitrogen and oxygen atoms in total. The number of ether oxygens (including phenoxy) is 4. The summed E-state index contributed by atoms with van der Waals surface area (Å²) in [6.45, 7) is 1.18. The second-order valence-corrected chi connectivity index (χ2v) is 5.64. The Balaban J connectivity index is 2.18. The first-order valence-electron chi connectivity index (χ1n) is 7.95. The number of carbonyl (C=O) groups is 2. The van der Waals surface area contributed by atoms with Gasteiger partial charge in [0.2, 0.25) is 6.29 Å². The number of esters is 2. The first-order valence-corrected chi connectivity index (χ1v) is 7.95. The lowest BCUT2D eigenvalue weighted by Crippen LogP contribution is -2.44. The molecule has 0 aromatic heterocycles. The molecule has 0 bridgehead atoms. The normalized spacial score (nSPS) is 22.8. The number of aliphatic hydroxyl groups excluding tert-OH is 1. The van der Waals surface area contributed by atoms with E-state index in [0.717, 1.165) is 0 Å². The van der Waals surface area contributed by atoms with Crippen molar-refractivity contribution < 1.29 is 33.6 Å². The molecule has 0 saturated carbocycles. The fourth-order valence-corrected chi connectivity index (χ4v) is 2.64. The van der Waals surface area contributed by atoms with Gasteiger partial charge >= 0.3 is 11.9 Å². The van der Waals surface area contributed by atoms with Crippen molar-refractivity contribution in [1.82, 2.24) is 0 Å². The van der Waals surface area contributed by atoms with Crippen LogP contribution in [0.4, 0.5) is 5.69 Å². The van der Waals surface area contributed by atoms with Gasteiger partial charge in [0.1, 0.15) is 11.9 Å². The van der Waals surface area contributed by atoms with Crippen molar-refractivity contribution in [3.8, 4) is 5.75 Å². The molecular weight excluding hydrogens is 330 g/mol. The molecule has 1 saturated heterocycles. The monoisotopic (exact) mass is 353 g/mol. The molecule has 0 spiro atoms. The zero-order chi connectivity index (χ0) is 18.4. The summed E-state index contributed by atoms with van der Waals surface area (Å²) in [5.41, 5.74) is 1.37. The Labute approximate surface area is 146 Å². The SMILES string of the molecule is CNc1ccc(CO)cc1OC1CC(OC(C)=O)CC(C(=O)OC)O1. The third-order valence-corrected chi connectivity index (χ3v) is 3.80. The molecule has 3 atom stereocenters. The van der Waals surface area contributed by atoms with Crippen molar-refractivity contribution in [3.63, 3.8) is 0 Å². The number of benzene rings is 1. The van der Waals surface area contributed by atoms with Crippen LogP contribution in [0.2, 0.25) is 0 Å². The molecule has 1 aliphatic rings. The minimum Gasteiger partial charge on any atom is -0.467 e. The van der Waals surface area contributed by atoms with Crippen molar-refractivity contribution in [2.75, 3.05) is 19.5 Å². The molecule has 25 heavy (non-hydrogen) atoms. The lowest BCUT2D eigenvalue weighted by molar-refractivity contribution is -0.204. The van der Waals surface area contributed by atoms with Crippen LogP contribution in [-0.2, 0) is 30.4 Å². The molecule has 8 heteroatoms. The fourth-order valence-electron chi connectivity index (χ4n) is 2.64. The van der Waals surface area contributed by atoms with Gasteiger partial charge < -0.3 is 29.4 Å². The fraction of sp³-hybridized carbons (Fsp3) is 0.529. The third-order valence-electron chi connectivity index (χ3n) is 3.80. The minimum absolute atomic E-state index is 0.132. The van der Waals surface area contributed by atoms with E-state index in [1.807, 2.05) is 0 Å². The van der Waals surface area contributed by atoms with E-state index in [2.05, 4.69) is 5.32 Å². The van der Waals surface area contributed by atoms with E-state index < -0.39 is 30.4 Å². The lowest BCUT2D eigenvalue weighted by atomic mass is 10.0. The van der Waals surface area contributed by atoms with Crippen LogP contribution >= 0.6 is 0 Å². The Bertz CT molecular complexity index is 619. The predicted molar refractivity (Wildman–Crippen MR) is 88.0 cm³/mol. The summed E-state index contributed by atoms with van der Waals surface area (Å²) < 4.78 is 21.5. The topological polar surface area (TPSA) is 103 Å². The Morgan fingerprint density at radius 3 is 2.72 bits per heavy atom. The Morgan fingerprint density at radius 2 is 2.12 bits per heavy atom. The van der Waals surface area contributed by atoms with E-state index in [1.165, 1.54) is 14.0 Å². The smallest absolute Gasteiger partial charge is 0.335 e. The summed E-state index contributed by atoms with van der Waals surface area (Å²) in [6.07, 6.45) is -1.71. The Morgan fingerprint density at radius 1 is 1.36 bits per heavy atom. The van der Waals surface area contributed by atoms with Gasteiger partial charge in [-0.3, -0.25) is 4.79 Å². The summed E-state index contributed by atoms with van der Waals surface area (Å²) in [4.78, 5) is 23.1. The van der Waals surface area contributed by atoms with Gasteiger partial charge in [0.25, 0.3) is 0 Å². The highest BCUT2D eigenvalue weighted by molar-refractivity contribution is 5.75. The van der Waals surface area contributed by atoms with Gasteiger partial charge in [-0.1, -0.05) is 6.07 Å². The van der Waals surface area contributed by atoms with Crippen LogP contribution in [0.5, 0.6) is 5.75 Å². The molecule has 0 aliphatic carbocycles. The Kier molecular flexibility index (Phi) is 6.60. The predicted octanol–water partition coefficient (Wildman–Crippen LogP) is 1.21. The first-order chi connectivity index (χ1) is 12.0. The highest BCUT2D eigenvalue weighted by Gasteiger charge is 2.37. The molecule has 2 rings (SSSR count). The van der Waals surface area contributed by atoms with Gasteiger partial charge in [-0.15, -0.1) is 0 Å². The van der Waals surface area contributed by atoms with E-state index in [1.54, 1.807) is 25.2 Å². The molecule has 2 N–H and O–H groups in total. The lowest BCUT2D eigenvalue weighted by Gasteiger charge is -2.33. The van der Waals surface area contributed by atoms with Gasteiger partial charge in [0, 0.05) is 26.8 Å². The number of nitrogens with one attached hydrogen (secondary N) is 1. The van der Waals surface area contributed by atoms with Crippen LogP contribution in [-0.4, -0.2) is 49.7 Å². The van der Waals surface area contributed by atoms with Crippen LogP contribution in [0.25, 0.3) is 0 Å². The van der Waals surface area contributed by atoms with Crippen LogP contribution in [0.3, 0.4) is 0 Å². The first kappa shape index (κ1) is 19.0. The van der Waals surface area contributed by atoms with Crippen molar-refractivity contribution >= 4 is 17.6 Å². The van der Waals surface area contributed by atoms with E-state index in [9.17, 15) is 14.7 Å². The van der Waals surface area contributed by atoms with E-state index in [-0.39, 0.29) is 19.4 Å². The van der Waals surface area contributed by atoms with Crippen molar-refractivity contribution in [2.24, 2.45) is 0 Å². The third kappa shape index (κ3) is 5.07. The number of carbonyl (C=O) groups excluding carboxylic acids is 2. The number of rotatable bonds is 6. The number of hydrogen-bond donors (Lipinski definition) is 2. The molecule has 1 aromatic carbocycles. The Hall–Kier alpha value is -2.32. The van der Waals surface area contributed by atoms with Crippen LogP contribution in [0.1, 0.15) is 25.3 Å². The van der Waals surface area contributed by atoms with E-state index in [0.29, 0.717) is 17.0 Å². The number of aliphatic hydroxyl groups is 1. The van der Waals surface area contributed by atoms with Crippen molar-refractivity contribution in [1.29, 1.82) is 0 Å². The maximum Gasteiger partial charge on any atom is 0.335 e. The van der Waals surface area contributed by atoms with Gasteiger partial charge in [-0.05, 0) is 17.7 Å². The zero-order valence-electron chi connectivity index (χ0n) is 14.5. The molecule has 0 amide bonds. The standard InChI is InChI=1S/C17H23NO7/c1-10(20)23-12-7-15(17(21)22-3)25-16(8-12)24-14-6-11(9-19)4-5-13(14)18-2/h4-6,12,15-16,18-19H,7-9H2,1-3H3. The molecule has 138 valence electrons. The quantitative estimate of drug-likeness (QED) is 0.736. The largest absolute Gasteiger partial charge is 0.467 e. The van der Waals surface area contributed by atoms with Crippen LogP contribution in [0.15, 0.2) is 18.2 Å². The maximum absolute atomic E-state index is 11.8. The molecule has 1 aromatic rings. The summed E-state index contributed by atoms with van der Waals surface area (Å²) in [5.74, 6) is -0.526. The summed E-state index contributed by atoms with van der Waals surface area (Å²) >= 11 is 0. The van der Waals surface area contributed by atoms with E-state index >= 15 is 0 Å².